The third-order valence-electron chi connectivity index (χ3n) is 5.33. The van der Waals surface area contributed by atoms with E-state index in [9.17, 15) is 4.39 Å². The normalized spacial score (nSPS) is 11.1. The van der Waals surface area contributed by atoms with Crippen molar-refractivity contribution in [1.82, 2.24) is 4.57 Å². The number of ether oxygens (including phenoxy) is 2. The van der Waals surface area contributed by atoms with Crippen LogP contribution < -0.4 is 9.47 Å². The summed E-state index contributed by atoms with van der Waals surface area (Å²) in [5, 5.41) is 2.54. The molecule has 0 aliphatic rings. The van der Waals surface area contributed by atoms with Crippen LogP contribution >= 0.6 is 0 Å². The summed E-state index contributed by atoms with van der Waals surface area (Å²) in [4.78, 5) is 0. The van der Waals surface area contributed by atoms with Gasteiger partial charge in [0.25, 0.3) is 0 Å². The van der Waals surface area contributed by atoms with Crippen LogP contribution in [0.1, 0.15) is 5.56 Å². The predicted octanol–water partition coefficient (Wildman–Crippen LogP) is 6.51. The molecule has 4 heteroatoms. The quantitative estimate of drug-likeness (QED) is 0.337. The zero-order valence-electron chi connectivity index (χ0n) is 16.5. The number of fused-ring (bicyclic) bond motifs is 3. The number of nitrogens with zero attached hydrogens (tertiary/aromatic N) is 1. The molecule has 5 aromatic rings. The second-order valence-corrected chi connectivity index (χ2v) is 7.13. The number of halogens is 1. The second kappa shape index (κ2) is 7.56. The molecule has 0 atom stereocenters. The third kappa shape index (κ3) is 3.16. The van der Waals surface area contributed by atoms with Crippen molar-refractivity contribution in [2.75, 3.05) is 7.11 Å². The van der Waals surface area contributed by atoms with E-state index >= 15 is 0 Å². The van der Waals surface area contributed by atoms with Crippen LogP contribution in [0.25, 0.3) is 27.4 Å². The fraction of sp³-hybridized carbons (Fsp3) is 0.0769. The van der Waals surface area contributed by atoms with Crippen molar-refractivity contribution in [2.45, 2.75) is 6.61 Å². The molecular formula is C26H20FNO2. The van der Waals surface area contributed by atoms with Gasteiger partial charge in [-0.05, 0) is 35.2 Å². The molecule has 0 unspecified atom stereocenters. The molecule has 148 valence electrons. The smallest absolute Gasteiger partial charge is 0.162 e. The summed E-state index contributed by atoms with van der Waals surface area (Å²) in [7, 11) is 1.62. The summed E-state index contributed by atoms with van der Waals surface area (Å²) >= 11 is 0. The lowest BCUT2D eigenvalue weighted by molar-refractivity contribution is 0.284. The molecule has 4 aromatic carbocycles. The van der Waals surface area contributed by atoms with Crippen molar-refractivity contribution in [3.8, 4) is 17.2 Å². The number of hydrogen-bond acceptors (Lipinski definition) is 2. The molecule has 0 saturated carbocycles. The van der Waals surface area contributed by atoms with Crippen molar-refractivity contribution < 1.29 is 13.9 Å². The number of benzene rings is 4. The van der Waals surface area contributed by atoms with Gasteiger partial charge in [0.15, 0.2) is 11.5 Å². The van der Waals surface area contributed by atoms with Gasteiger partial charge in [-0.15, -0.1) is 0 Å². The second-order valence-electron chi connectivity index (χ2n) is 7.13. The van der Waals surface area contributed by atoms with Crippen molar-refractivity contribution in [3.63, 3.8) is 0 Å². The molecule has 5 rings (SSSR count). The summed E-state index contributed by atoms with van der Waals surface area (Å²) in [5.74, 6) is 1.07. The van der Waals surface area contributed by atoms with Crippen LogP contribution in [0.4, 0.5) is 4.39 Å². The molecule has 0 aliphatic carbocycles. The Labute approximate surface area is 173 Å². The van der Waals surface area contributed by atoms with E-state index in [1.165, 1.54) is 0 Å². The van der Waals surface area contributed by atoms with Gasteiger partial charge in [0.1, 0.15) is 12.4 Å². The van der Waals surface area contributed by atoms with E-state index in [1.54, 1.807) is 13.2 Å². The Morgan fingerprint density at radius 2 is 1.53 bits per heavy atom. The van der Waals surface area contributed by atoms with E-state index in [4.69, 9.17) is 9.47 Å². The van der Waals surface area contributed by atoms with Crippen molar-refractivity contribution in [1.29, 1.82) is 0 Å². The third-order valence-corrected chi connectivity index (χ3v) is 5.33. The minimum atomic E-state index is -0.229. The van der Waals surface area contributed by atoms with Gasteiger partial charge in [-0.3, -0.25) is 0 Å². The van der Waals surface area contributed by atoms with E-state index < -0.39 is 0 Å². The molecule has 0 bridgehead atoms. The van der Waals surface area contributed by atoms with Crippen LogP contribution in [0, 0.1) is 5.82 Å². The zero-order chi connectivity index (χ0) is 20.5. The Kier molecular flexibility index (Phi) is 4.60. The molecule has 0 spiro atoms. The molecule has 0 saturated heterocycles. The minimum Gasteiger partial charge on any atom is -0.493 e. The Balaban J connectivity index is 1.53. The SMILES string of the molecule is COc1cc(-n2ccc3c4ccccc4c(F)cc32)ccc1OCc1ccccc1. The average molecular weight is 397 g/mol. The van der Waals surface area contributed by atoms with E-state index in [-0.39, 0.29) is 5.82 Å². The first-order valence-electron chi connectivity index (χ1n) is 9.78. The Hall–Kier alpha value is -3.79. The van der Waals surface area contributed by atoms with Crippen molar-refractivity contribution in [2.24, 2.45) is 0 Å². The predicted molar refractivity (Wildman–Crippen MR) is 118 cm³/mol. The summed E-state index contributed by atoms with van der Waals surface area (Å²) < 4.78 is 28.2. The molecule has 3 nitrogen and oxygen atoms in total. The molecule has 30 heavy (non-hydrogen) atoms. The van der Waals surface area contributed by atoms with Crippen molar-refractivity contribution >= 4 is 21.7 Å². The lowest BCUT2D eigenvalue weighted by Crippen LogP contribution is -1.99. The zero-order valence-corrected chi connectivity index (χ0v) is 16.5. The van der Waals surface area contributed by atoms with E-state index in [1.807, 2.05) is 89.6 Å². The van der Waals surface area contributed by atoms with E-state index in [0.717, 1.165) is 27.5 Å². The molecule has 0 radical (unpaired) electrons. The lowest BCUT2D eigenvalue weighted by Gasteiger charge is -2.14. The summed E-state index contributed by atoms with van der Waals surface area (Å²) in [6, 6.07) is 26.9. The molecule has 0 N–H and O–H groups in total. The van der Waals surface area contributed by atoms with Crippen LogP contribution in [-0.4, -0.2) is 11.7 Å². The number of hydrogen-bond donors (Lipinski definition) is 0. The first-order chi connectivity index (χ1) is 14.7. The van der Waals surface area contributed by atoms with Crippen LogP contribution in [-0.2, 0) is 6.61 Å². The largest absolute Gasteiger partial charge is 0.493 e. The first-order valence-corrected chi connectivity index (χ1v) is 9.78. The minimum absolute atomic E-state index is 0.229. The first kappa shape index (κ1) is 18.3. The van der Waals surface area contributed by atoms with Crippen molar-refractivity contribution in [3.05, 3.63) is 103 Å². The standard InChI is InChI=1S/C26H20FNO2/c1-29-26-15-19(11-12-25(26)30-17-18-7-3-2-4-8-18)28-14-13-22-20-9-5-6-10-21(20)23(27)16-24(22)28/h2-16H,17H2,1H3. The fourth-order valence-electron chi connectivity index (χ4n) is 3.83. The molecule has 0 fully saturated rings. The monoisotopic (exact) mass is 397 g/mol. The summed E-state index contributed by atoms with van der Waals surface area (Å²) in [6.07, 6.45) is 1.95. The highest BCUT2D eigenvalue weighted by molar-refractivity contribution is 6.07. The maximum absolute atomic E-state index is 14.7. The van der Waals surface area contributed by atoms with Gasteiger partial charge in [-0.1, -0.05) is 54.6 Å². The van der Waals surface area contributed by atoms with Gasteiger partial charge in [0.05, 0.1) is 12.6 Å². The topological polar surface area (TPSA) is 23.4 Å². The molecule has 0 aliphatic heterocycles. The van der Waals surface area contributed by atoms with Crippen LogP contribution in [0.5, 0.6) is 11.5 Å². The molecule has 1 heterocycles. The summed E-state index contributed by atoms with van der Waals surface area (Å²) in [6.45, 7) is 0.459. The van der Waals surface area contributed by atoms with Gasteiger partial charge >= 0.3 is 0 Å². The number of rotatable bonds is 5. The molecule has 0 amide bonds. The van der Waals surface area contributed by atoms with Gasteiger partial charge < -0.3 is 14.0 Å². The highest BCUT2D eigenvalue weighted by atomic mass is 19.1. The maximum atomic E-state index is 14.7. The van der Waals surface area contributed by atoms with E-state index in [0.29, 0.717) is 23.5 Å². The van der Waals surface area contributed by atoms with Gasteiger partial charge in [0, 0.05) is 28.7 Å². The van der Waals surface area contributed by atoms with E-state index in [2.05, 4.69) is 0 Å². The maximum Gasteiger partial charge on any atom is 0.162 e. The Morgan fingerprint density at radius 1 is 0.767 bits per heavy atom. The van der Waals surface area contributed by atoms with Crippen LogP contribution in [0.3, 0.4) is 0 Å². The Morgan fingerprint density at radius 3 is 2.33 bits per heavy atom. The highest BCUT2D eigenvalue weighted by Gasteiger charge is 2.13. The molecule has 1 aromatic heterocycles. The van der Waals surface area contributed by atoms with Crippen LogP contribution in [0.15, 0.2) is 91.1 Å². The van der Waals surface area contributed by atoms with Gasteiger partial charge in [-0.25, -0.2) is 4.39 Å². The summed E-state index contributed by atoms with van der Waals surface area (Å²) in [5.41, 5.74) is 2.78. The van der Waals surface area contributed by atoms with Gasteiger partial charge in [0.2, 0.25) is 0 Å². The number of aromatic nitrogens is 1. The van der Waals surface area contributed by atoms with Crippen LogP contribution in [0.2, 0.25) is 0 Å². The fourth-order valence-corrected chi connectivity index (χ4v) is 3.83. The average Bonchev–Trinajstić information content (AvgIpc) is 3.22. The highest BCUT2D eigenvalue weighted by Crippen LogP contribution is 2.34. The Bertz CT molecular complexity index is 1340. The van der Waals surface area contributed by atoms with Gasteiger partial charge in [-0.2, -0.15) is 0 Å². The lowest BCUT2D eigenvalue weighted by atomic mass is 10.1. The molecular weight excluding hydrogens is 377 g/mol. The number of methoxy groups -OCH3 is 1.